The van der Waals surface area contributed by atoms with Crippen LogP contribution in [0.1, 0.15) is 18.4 Å². The van der Waals surface area contributed by atoms with Gasteiger partial charge in [-0.25, -0.2) is 9.69 Å². The Hall–Kier alpha value is -2.70. The summed E-state index contributed by atoms with van der Waals surface area (Å²) in [6.07, 6.45) is 0.911. The molecule has 0 radical (unpaired) electrons. The standard InChI is InChI=1S/C15H15N3O4/c19-12-8-18(14(16-12)17-13(20)11-6-7-11)15(21)22-9-10-4-2-1-3-5-10/h1-5,11H,6-9H2,(H,16,17,19,20). The number of nitrogens with zero attached hydrogens (tertiary/aromatic N) is 2. The van der Waals surface area contributed by atoms with Crippen molar-refractivity contribution in [3.05, 3.63) is 35.9 Å². The zero-order valence-electron chi connectivity index (χ0n) is 11.8. The van der Waals surface area contributed by atoms with Crippen LogP contribution in [0.15, 0.2) is 35.3 Å². The van der Waals surface area contributed by atoms with Crippen LogP contribution >= 0.6 is 0 Å². The third kappa shape index (κ3) is 3.30. The summed E-state index contributed by atoms with van der Waals surface area (Å²) in [5.41, 5.74) is 0.835. The van der Waals surface area contributed by atoms with E-state index in [0.29, 0.717) is 0 Å². The van der Waals surface area contributed by atoms with Crippen LogP contribution in [0.4, 0.5) is 4.79 Å². The molecule has 0 spiro atoms. The zero-order chi connectivity index (χ0) is 15.5. The molecule has 0 bridgehead atoms. The SMILES string of the molecule is O=C1CN(C(=O)OCc2ccccc2)C(=NC(=O)C2CC2)N1. The highest BCUT2D eigenvalue weighted by atomic mass is 16.6. The van der Waals surface area contributed by atoms with Gasteiger partial charge in [-0.1, -0.05) is 30.3 Å². The van der Waals surface area contributed by atoms with E-state index in [4.69, 9.17) is 4.74 Å². The molecule has 0 unspecified atom stereocenters. The first-order valence-electron chi connectivity index (χ1n) is 7.04. The van der Waals surface area contributed by atoms with Crippen molar-refractivity contribution in [3.8, 4) is 0 Å². The predicted octanol–water partition coefficient (Wildman–Crippen LogP) is 1.05. The van der Waals surface area contributed by atoms with E-state index in [9.17, 15) is 14.4 Å². The molecular weight excluding hydrogens is 286 g/mol. The second-order valence-electron chi connectivity index (χ2n) is 5.22. The van der Waals surface area contributed by atoms with Crippen LogP contribution in [-0.2, 0) is 20.9 Å². The highest BCUT2D eigenvalue weighted by Gasteiger charge is 2.35. The Bertz CT molecular complexity index is 637. The van der Waals surface area contributed by atoms with E-state index in [2.05, 4.69) is 10.3 Å². The number of hydrogen-bond acceptors (Lipinski definition) is 4. The summed E-state index contributed by atoms with van der Waals surface area (Å²) in [5.74, 6) is -0.816. The second-order valence-corrected chi connectivity index (χ2v) is 5.22. The first-order chi connectivity index (χ1) is 10.6. The van der Waals surface area contributed by atoms with Crippen molar-refractivity contribution in [1.82, 2.24) is 10.2 Å². The molecule has 7 heteroatoms. The van der Waals surface area contributed by atoms with Gasteiger partial charge in [0, 0.05) is 5.92 Å². The lowest BCUT2D eigenvalue weighted by molar-refractivity contribution is -0.119. The molecule has 1 aromatic carbocycles. The molecule has 1 aromatic rings. The lowest BCUT2D eigenvalue weighted by atomic mass is 10.2. The van der Waals surface area contributed by atoms with Gasteiger partial charge in [-0.15, -0.1) is 0 Å². The molecule has 3 rings (SSSR count). The largest absolute Gasteiger partial charge is 0.444 e. The number of carbonyl (C=O) groups excluding carboxylic acids is 3. The molecule has 0 atom stereocenters. The maximum absolute atomic E-state index is 12.1. The lowest BCUT2D eigenvalue weighted by Gasteiger charge is -2.14. The number of benzene rings is 1. The van der Waals surface area contributed by atoms with Gasteiger partial charge >= 0.3 is 6.09 Å². The van der Waals surface area contributed by atoms with E-state index in [1.807, 2.05) is 30.3 Å². The number of rotatable bonds is 3. The zero-order valence-corrected chi connectivity index (χ0v) is 11.8. The van der Waals surface area contributed by atoms with Gasteiger partial charge in [0.1, 0.15) is 13.2 Å². The van der Waals surface area contributed by atoms with Crippen molar-refractivity contribution < 1.29 is 19.1 Å². The molecule has 3 amide bonds. The molecule has 114 valence electrons. The van der Waals surface area contributed by atoms with Gasteiger partial charge in [0.25, 0.3) is 5.91 Å². The third-order valence-electron chi connectivity index (χ3n) is 3.38. The summed E-state index contributed by atoms with van der Waals surface area (Å²) in [5, 5.41) is 2.41. The first-order valence-corrected chi connectivity index (χ1v) is 7.04. The molecule has 0 aromatic heterocycles. The topological polar surface area (TPSA) is 88.1 Å². The quantitative estimate of drug-likeness (QED) is 0.903. The fourth-order valence-corrected chi connectivity index (χ4v) is 2.01. The number of hydrogen-bond donors (Lipinski definition) is 1. The van der Waals surface area contributed by atoms with Crippen molar-refractivity contribution in [2.75, 3.05) is 6.54 Å². The Morgan fingerprint density at radius 3 is 2.68 bits per heavy atom. The highest BCUT2D eigenvalue weighted by Crippen LogP contribution is 2.30. The van der Waals surface area contributed by atoms with Gasteiger partial charge in [0.05, 0.1) is 0 Å². The van der Waals surface area contributed by atoms with Crippen molar-refractivity contribution >= 4 is 23.9 Å². The lowest BCUT2D eigenvalue weighted by Crippen LogP contribution is -2.36. The maximum atomic E-state index is 12.1. The molecule has 22 heavy (non-hydrogen) atoms. The van der Waals surface area contributed by atoms with Crippen LogP contribution in [0.3, 0.4) is 0 Å². The average Bonchev–Trinajstić information content (AvgIpc) is 3.30. The van der Waals surface area contributed by atoms with Crippen molar-refractivity contribution in [2.24, 2.45) is 10.9 Å². The van der Waals surface area contributed by atoms with Gasteiger partial charge in [-0.2, -0.15) is 4.99 Å². The van der Waals surface area contributed by atoms with E-state index in [-0.39, 0.29) is 36.8 Å². The highest BCUT2D eigenvalue weighted by molar-refractivity contribution is 6.13. The molecule has 1 aliphatic heterocycles. The van der Waals surface area contributed by atoms with Crippen LogP contribution in [-0.4, -0.2) is 35.3 Å². The summed E-state index contributed by atoms with van der Waals surface area (Å²) in [6.45, 7) is -0.0986. The molecule has 1 aliphatic carbocycles. The van der Waals surface area contributed by atoms with E-state index >= 15 is 0 Å². The Balaban J connectivity index is 1.64. The Morgan fingerprint density at radius 2 is 2.00 bits per heavy atom. The van der Waals surface area contributed by atoms with Crippen molar-refractivity contribution in [2.45, 2.75) is 19.4 Å². The Labute approximate surface area is 127 Å². The summed E-state index contributed by atoms with van der Waals surface area (Å²) in [4.78, 5) is 40.1. The number of carbonyl (C=O) groups is 3. The molecule has 2 aliphatic rings. The van der Waals surface area contributed by atoms with Gasteiger partial charge in [-0.05, 0) is 18.4 Å². The summed E-state index contributed by atoms with van der Waals surface area (Å²) >= 11 is 0. The number of guanidine groups is 1. The van der Waals surface area contributed by atoms with Crippen LogP contribution in [0, 0.1) is 5.92 Å². The van der Waals surface area contributed by atoms with Gasteiger partial charge < -0.3 is 4.74 Å². The number of aliphatic imine (C=N–C) groups is 1. The summed E-state index contributed by atoms with van der Waals surface area (Å²) < 4.78 is 5.15. The smallest absolute Gasteiger partial charge is 0.417 e. The fraction of sp³-hybridized carbons (Fsp3) is 0.333. The first kappa shape index (κ1) is 14.2. The summed E-state index contributed by atoms with van der Waals surface area (Å²) in [6, 6.07) is 9.19. The van der Waals surface area contributed by atoms with Crippen LogP contribution < -0.4 is 5.32 Å². The minimum Gasteiger partial charge on any atom is -0.444 e. The molecule has 1 saturated carbocycles. The number of amides is 3. The molecule has 1 N–H and O–H groups in total. The van der Waals surface area contributed by atoms with E-state index in [0.717, 1.165) is 23.3 Å². The van der Waals surface area contributed by atoms with Crippen LogP contribution in [0.25, 0.3) is 0 Å². The Morgan fingerprint density at radius 1 is 1.27 bits per heavy atom. The predicted molar refractivity (Wildman–Crippen MR) is 76.6 cm³/mol. The number of nitrogens with one attached hydrogen (secondary N) is 1. The second kappa shape index (κ2) is 5.97. The Kier molecular flexibility index (Phi) is 3.86. The molecule has 1 heterocycles. The third-order valence-corrected chi connectivity index (χ3v) is 3.38. The van der Waals surface area contributed by atoms with E-state index in [1.54, 1.807) is 0 Å². The van der Waals surface area contributed by atoms with Gasteiger partial charge in [-0.3, -0.25) is 14.9 Å². The minimum atomic E-state index is -0.704. The average molecular weight is 301 g/mol. The van der Waals surface area contributed by atoms with Crippen molar-refractivity contribution in [1.29, 1.82) is 0 Å². The van der Waals surface area contributed by atoms with Gasteiger partial charge in [0.15, 0.2) is 0 Å². The summed E-state index contributed by atoms with van der Waals surface area (Å²) in [7, 11) is 0. The molecule has 7 nitrogen and oxygen atoms in total. The molecular formula is C15H15N3O4. The van der Waals surface area contributed by atoms with Crippen LogP contribution in [0.5, 0.6) is 0 Å². The van der Waals surface area contributed by atoms with E-state index < -0.39 is 6.09 Å². The van der Waals surface area contributed by atoms with Crippen molar-refractivity contribution in [3.63, 3.8) is 0 Å². The molecule has 2 fully saturated rings. The molecule has 1 saturated heterocycles. The normalized spacial score (nSPS) is 19.2. The van der Waals surface area contributed by atoms with Crippen LogP contribution in [0.2, 0.25) is 0 Å². The minimum absolute atomic E-state index is 0.0417. The van der Waals surface area contributed by atoms with Gasteiger partial charge in [0.2, 0.25) is 11.9 Å². The number of ether oxygens (including phenoxy) is 1. The monoisotopic (exact) mass is 301 g/mol. The fourth-order valence-electron chi connectivity index (χ4n) is 2.01. The van der Waals surface area contributed by atoms with E-state index in [1.165, 1.54) is 0 Å². The maximum Gasteiger partial charge on any atom is 0.417 e.